The maximum Gasteiger partial charge on any atom is 0.158 e. The lowest BCUT2D eigenvalue weighted by Gasteiger charge is -2.30. The number of hydrogen-bond acceptors (Lipinski definition) is 3. The Labute approximate surface area is 123 Å². The summed E-state index contributed by atoms with van der Waals surface area (Å²) in [5, 5.41) is 3.10. The van der Waals surface area contributed by atoms with Gasteiger partial charge in [-0.2, -0.15) is 0 Å². The average molecular weight is 287 g/mol. The van der Waals surface area contributed by atoms with Crippen LogP contribution >= 0.6 is 0 Å². The molecular formula is C17H18FNO2. The second-order valence-electron chi connectivity index (χ2n) is 5.30. The summed E-state index contributed by atoms with van der Waals surface area (Å²) in [4.78, 5) is 24.1. The summed E-state index contributed by atoms with van der Waals surface area (Å²) in [7, 11) is 0. The second kappa shape index (κ2) is 5.64. The minimum atomic E-state index is -0.443. The van der Waals surface area contributed by atoms with Crippen molar-refractivity contribution in [3.05, 3.63) is 58.2 Å². The number of hydrogen-bond donors (Lipinski definition) is 1. The largest absolute Gasteiger partial charge is 0.362 e. The van der Waals surface area contributed by atoms with Crippen LogP contribution in [0.15, 0.2) is 46.8 Å². The Morgan fingerprint density at radius 1 is 0.952 bits per heavy atom. The van der Waals surface area contributed by atoms with Gasteiger partial charge < -0.3 is 5.32 Å². The zero-order valence-corrected chi connectivity index (χ0v) is 12.6. The summed E-state index contributed by atoms with van der Waals surface area (Å²) >= 11 is 0. The summed E-state index contributed by atoms with van der Waals surface area (Å²) < 4.78 is 13.1. The highest BCUT2D eigenvalue weighted by Gasteiger charge is 2.33. The molecule has 0 aromatic heterocycles. The number of ketones is 2. The normalized spacial score (nSPS) is 16.0. The minimum absolute atomic E-state index is 0.0967. The van der Waals surface area contributed by atoms with Crippen molar-refractivity contribution in [3.8, 4) is 0 Å². The van der Waals surface area contributed by atoms with Crippen molar-refractivity contribution in [2.45, 2.75) is 33.6 Å². The summed E-state index contributed by atoms with van der Waals surface area (Å²) in [6, 6.07) is 5.94. The molecule has 4 heteroatoms. The first-order chi connectivity index (χ1) is 9.82. The van der Waals surface area contributed by atoms with Gasteiger partial charge in [0.25, 0.3) is 0 Å². The third-order valence-electron chi connectivity index (χ3n) is 3.72. The standard InChI is InChI=1S/C17H18FNO2/c1-9-15(11(3)20)17(13-5-7-14(18)8-6-13)16(12(4)21)10(2)19-9/h5-8,17,19H,1-4H3. The van der Waals surface area contributed by atoms with Crippen molar-refractivity contribution in [3.63, 3.8) is 0 Å². The van der Waals surface area contributed by atoms with E-state index in [1.807, 2.05) is 13.8 Å². The van der Waals surface area contributed by atoms with E-state index in [1.54, 1.807) is 12.1 Å². The predicted octanol–water partition coefficient (Wildman–Crippen LogP) is 3.24. The van der Waals surface area contributed by atoms with Gasteiger partial charge in [-0.1, -0.05) is 12.1 Å². The SMILES string of the molecule is CC(=O)C1=C(C)NC(C)=C(C(C)=O)C1c1ccc(F)cc1. The summed E-state index contributed by atoms with van der Waals surface area (Å²) in [6.07, 6.45) is 0. The van der Waals surface area contributed by atoms with Crippen molar-refractivity contribution in [1.29, 1.82) is 0 Å². The Bertz CT molecular complexity index is 633. The van der Waals surface area contributed by atoms with Crippen LogP contribution < -0.4 is 5.32 Å². The number of benzene rings is 1. The molecule has 0 fully saturated rings. The quantitative estimate of drug-likeness (QED) is 0.928. The van der Waals surface area contributed by atoms with Crippen LogP contribution in [0.4, 0.5) is 4.39 Å². The van der Waals surface area contributed by atoms with Crippen LogP contribution in [-0.4, -0.2) is 11.6 Å². The van der Waals surface area contributed by atoms with E-state index in [0.29, 0.717) is 11.1 Å². The van der Waals surface area contributed by atoms with Gasteiger partial charge in [0.1, 0.15) is 5.82 Å². The number of dihydropyridines is 1. The smallest absolute Gasteiger partial charge is 0.158 e. The molecule has 0 saturated carbocycles. The van der Waals surface area contributed by atoms with E-state index < -0.39 is 5.92 Å². The zero-order valence-electron chi connectivity index (χ0n) is 12.6. The molecular weight excluding hydrogens is 269 g/mol. The third-order valence-corrected chi connectivity index (χ3v) is 3.72. The third kappa shape index (κ3) is 2.79. The van der Waals surface area contributed by atoms with Crippen molar-refractivity contribution in [2.75, 3.05) is 0 Å². The topological polar surface area (TPSA) is 46.2 Å². The summed E-state index contributed by atoms with van der Waals surface area (Å²) in [6.45, 7) is 6.59. The number of allylic oxidation sites excluding steroid dienone is 4. The molecule has 0 aliphatic carbocycles. The first kappa shape index (κ1) is 15.2. The Morgan fingerprint density at radius 3 is 1.76 bits per heavy atom. The Balaban J connectivity index is 2.67. The maximum absolute atomic E-state index is 13.1. The molecule has 1 aromatic rings. The van der Waals surface area contributed by atoms with E-state index >= 15 is 0 Å². The molecule has 21 heavy (non-hydrogen) atoms. The summed E-state index contributed by atoms with van der Waals surface area (Å²) in [5.74, 6) is -0.981. The lowest BCUT2D eigenvalue weighted by molar-refractivity contribution is -0.114. The molecule has 0 unspecified atom stereocenters. The number of halogens is 1. The van der Waals surface area contributed by atoms with Crippen LogP contribution in [0, 0.1) is 5.82 Å². The number of carbonyl (C=O) groups is 2. The van der Waals surface area contributed by atoms with E-state index in [2.05, 4.69) is 5.32 Å². The van der Waals surface area contributed by atoms with Gasteiger partial charge >= 0.3 is 0 Å². The van der Waals surface area contributed by atoms with Gasteiger partial charge in [-0.3, -0.25) is 9.59 Å². The van der Waals surface area contributed by atoms with Gasteiger partial charge in [-0.15, -0.1) is 0 Å². The Morgan fingerprint density at radius 2 is 1.38 bits per heavy atom. The van der Waals surface area contributed by atoms with Crippen LogP contribution in [-0.2, 0) is 9.59 Å². The van der Waals surface area contributed by atoms with Gasteiger partial charge in [0.15, 0.2) is 11.6 Å². The second-order valence-corrected chi connectivity index (χ2v) is 5.30. The van der Waals surface area contributed by atoms with Crippen LogP contribution in [0.2, 0.25) is 0 Å². The van der Waals surface area contributed by atoms with E-state index in [4.69, 9.17) is 0 Å². The number of rotatable bonds is 3. The Kier molecular flexibility index (Phi) is 4.07. The molecule has 0 atom stereocenters. The van der Waals surface area contributed by atoms with Crippen molar-refractivity contribution < 1.29 is 14.0 Å². The molecule has 0 bridgehead atoms. The van der Waals surface area contributed by atoms with Crippen molar-refractivity contribution >= 4 is 11.6 Å². The average Bonchev–Trinajstić information content (AvgIpc) is 2.37. The molecule has 1 aromatic carbocycles. The monoisotopic (exact) mass is 287 g/mol. The molecule has 110 valence electrons. The zero-order chi connectivity index (χ0) is 15.7. The predicted molar refractivity (Wildman–Crippen MR) is 79.0 cm³/mol. The molecule has 2 rings (SSSR count). The van der Waals surface area contributed by atoms with Gasteiger partial charge in [0.05, 0.1) is 0 Å². The fourth-order valence-corrected chi connectivity index (χ4v) is 2.92. The van der Waals surface area contributed by atoms with Crippen molar-refractivity contribution in [1.82, 2.24) is 5.32 Å². The molecule has 1 N–H and O–H groups in total. The number of carbonyl (C=O) groups excluding carboxylic acids is 2. The highest BCUT2D eigenvalue weighted by atomic mass is 19.1. The highest BCUT2D eigenvalue weighted by Crippen LogP contribution is 2.38. The molecule has 1 heterocycles. The molecule has 0 radical (unpaired) electrons. The number of nitrogens with one attached hydrogen (secondary N) is 1. The highest BCUT2D eigenvalue weighted by molar-refractivity contribution is 6.03. The number of Topliss-reactive ketones (excluding diaryl/α,β-unsaturated/α-hetero) is 2. The molecule has 0 spiro atoms. The Hall–Kier alpha value is -2.23. The lowest BCUT2D eigenvalue weighted by Crippen LogP contribution is -2.29. The fourth-order valence-electron chi connectivity index (χ4n) is 2.92. The first-order valence-electron chi connectivity index (χ1n) is 6.78. The van der Waals surface area contributed by atoms with Crippen molar-refractivity contribution in [2.24, 2.45) is 0 Å². The lowest BCUT2D eigenvalue weighted by atomic mass is 9.78. The summed E-state index contributed by atoms with van der Waals surface area (Å²) in [5.41, 5.74) is 3.32. The maximum atomic E-state index is 13.1. The molecule has 0 amide bonds. The van der Waals surface area contributed by atoms with Gasteiger partial charge in [0, 0.05) is 28.5 Å². The van der Waals surface area contributed by atoms with Gasteiger partial charge in [0.2, 0.25) is 0 Å². The van der Waals surface area contributed by atoms with Crippen LogP contribution in [0.1, 0.15) is 39.2 Å². The fraction of sp³-hybridized carbons (Fsp3) is 0.294. The van der Waals surface area contributed by atoms with Gasteiger partial charge in [-0.25, -0.2) is 4.39 Å². The molecule has 0 saturated heterocycles. The van der Waals surface area contributed by atoms with Crippen LogP contribution in [0.3, 0.4) is 0 Å². The van der Waals surface area contributed by atoms with Crippen LogP contribution in [0.25, 0.3) is 0 Å². The molecule has 3 nitrogen and oxygen atoms in total. The van der Waals surface area contributed by atoms with E-state index in [1.165, 1.54) is 26.0 Å². The molecule has 1 aliphatic heterocycles. The van der Waals surface area contributed by atoms with E-state index in [9.17, 15) is 14.0 Å². The minimum Gasteiger partial charge on any atom is -0.362 e. The van der Waals surface area contributed by atoms with E-state index in [-0.39, 0.29) is 17.4 Å². The van der Waals surface area contributed by atoms with E-state index in [0.717, 1.165) is 17.0 Å². The van der Waals surface area contributed by atoms with Gasteiger partial charge in [-0.05, 0) is 45.4 Å². The first-order valence-corrected chi connectivity index (χ1v) is 6.78. The van der Waals surface area contributed by atoms with Crippen LogP contribution in [0.5, 0.6) is 0 Å². The molecule has 1 aliphatic rings.